The molecule has 3 aromatic rings. The maximum Gasteiger partial charge on any atom is 0.212 e. The van der Waals surface area contributed by atoms with Gasteiger partial charge in [-0.15, -0.1) is 0 Å². The Kier molecular flexibility index (Phi) is 4.04. The molecule has 0 aliphatic heterocycles. The van der Waals surface area contributed by atoms with Crippen LogP contribution >= 0.6 is 0 Å². The van der Waals surface area contributed by atoms with Gasteiger partial charge in [0.25, 0.3) is 0 Å². The molecule has 0 radical (unpaired) electrons. The summed E-state index contributed by atoms with van der Waals surface area (Å²) in [6, 6.07) is 17.7. The van der Waals surface area contributed by atoms with Gasteiger partial charge in [0.1, 0.15) is 7.05 Å². The molecule has 0 amide bonds. The summed E-state index contributed by atoms with van der Waals surface area (Å²) in [5.41, 5.74) is 10.5. The molecule has 0 unspecified atom stereocenters. The van der Waals surface area contributed by atoms with Crippen molar-refractivity contribution in [1.82, 2.24) is 0 Å². The largest absolute Gasteiger partial charge is 0.212 e. The third-order valence-corrected chi connectivity index (χ3v) is 4.59. The van der Waals surface area contributed by atoms with Crippen LogP contribution in [0.1, 0.15) is 22.3 Å². The fraction of sp³-hybridized carbons (Fsp3) is 0.227. The first-order chi connectivity index (χ1) is 11.0. The van der Waals surface area contributed by atoms with Crippen LogP contribution in [0.4, 0.5) is 0 Å². The third kappa shape index (κ3) is 2.92. The molecule has 0 saturated heterocycles. The van der Waals surface area contributed by atoms with Crippen LogP contribution in [-0.2, 0) is 7.05 Å². The number of aryl methyl sites for hydroxylation is 5. The van der Waals surface area contributed by atoms with Gasteiger partial charge >= 0.3 is 0 Å². The molecule has 23 heavy (non-hydrogen) atoms. The monoisotopic (exact) mass is 302 g/mol. The molecule has 0 fully saturated rings. The lowest BCUT2D eigenvalue weighted by atomic mass is 9.91. The summed E-state index contributed by atoms with van der Waals surface area (Å²) in [6.45, 7) is 8.73. The Bertz CT molecular complexity index is 875. The smallest absolute Gasteiger partial charge is 0.201 e. The van der Waals surface area contributed by atoms with Gasteiger partial charge < -0.3 is 0 Å². The standard InChI is InChI=1S/C22H24N/c1-15-10-11-23(5)22(12-15)21-14-20(17(3)13-18(21)4)19-9-7-6-8-16(19)2/h6-14H,1-5H3/q+1. The molecule has 1 aromatic heterocycles. The zero-order chi connectivity index (χ0) is 16.6. The molecule has 3 rings (SSSR count). The second-order valence-electron chi connectivity index (χ2n) is 6.50. The lowest BCUT2D eigenvalue weighted by molar-refractivity contribution is -0.660. The van der Waals surface area contributed by atoms with Gasteiger partial charge in [-0.3, -0.25) is 0 Å². The molecule has 0 bridgehead atoms. The maximum atomic E-state index is 2.35. The fourth-order valence-electron chi connectivity index (χ4n) is 3.24. The highest BCUT2D eigenvalue weighted by Crippen LogP contribution is 2.32. The van der Waals surface area contributed by atoms with Crippen molar-refractivity contribution < 1.29 is 4.57 Å². The van der Waals surface area contributed by atoms with Crippen molar-refractivity contribution in [2.45, 2.75) is 27.7 Å². The van der Waals surface area contributed by atoms with Crippen LogP contribution in [0.2, 0.25) is 0 Å². The normalized spacial score (nSPS) is 10.8. The van der Waals surface area contributed by atoms with Gasteiger partial charge in [-0.2, -0.15) is 0 Å². The van der Waals surface area contributed by atoms with E-state index in [0.29, 0.717) is 0 Å². The molecule has 0 N–H and O–H groups in total. The third-order valence-electron chi connectivity index (χ3n) is 4.59. The van der Waals surface area contributed by atoms with Crippen LogP contribution in [0.5, 0.6) is 0 Å². The van der Waals surface area contributed by atoms with E-state index in [1.54, 1.807) is 0 Å². The lowest BCUT2D eigenvalue weighted by Crippen LogP contribution is -2.30. The zero-order valence-corrected chi connectivity index (χ0v) is 14.6. The Morgan fingerprint density at radius 2 is 1.35 bits per heavy atom. The average Bonchev–Trinajstić information content (AvgIpc) is 2.51. The zero-order valence-electron chi connectivity index (χ0n) is 14.6. The summed E-state index contributed by atoms with van der Waals surface area (Å²) in [5.74, 6) is 0. The molecule has 0 saturated carbocycles. The van der Waals surface area contributed by atoms with Crippen LogP contribution in [0.3, 0.4) is 0 Å². The van der Waals surface area contributed by atoms with Gasteiger partial charge in [0.05, 0.1) is 0 Å². The average molecular weight is 302 g/mol. The minimum absolute atomic E-state index is 1.26. The molecule has 0 aliphatic rings. The molecule has 0 atom stereocenters. The van der Waals surface area contributed by atoms with E-state index < -0.39 is 0 Å². The number of nitrogens with zero attached hydrogens (tertiary/aromatic N) is 1. The van der Waals surface area contributed by atoms with Crippen molar-refractivity contribution in [3.63, 3.8) is 0 Å². The molecule has 0 aliphatic carbocycles. The van der Waals surface area contributed by atoms with Gasteiger partial charge in [-0.25, -0.2) is 4.57 Å². The first-order valence-electron chi connectivity index (χ1n) is 8.11. The van der Waals surface area contributed by atoms with Crippen LogP contribution < -0.4 is 4.57 Å². The van der Waals surface area contributed by atoms with Crippen molar-refractivity contribution in [1.29, 1.82) is 0 Å². The van der Waals surface area contributed by atoms with Crippen molar-refractivity contribution >= 4 is 0 Å². The summed E-state index contributed by atoms with van der Waals surface area (Å²) in [6.07, 6.45) is 2.14. The van der Waals surface area contributed by atoms with E-state index in [1.807, 2.05) is 0 Å². The van der Waals surface area contributed by atoms with E-state index >= 15 is 0 Å². The predicted molar refractivity (Wildman–Crippen MR) is 97.4 cm³/mol. The quantitative estimate of drug-likeness (QED) is 0.581. The lowest BCUT2D eigenvalue weighted by Gasteiger charge is -2.13. The molecular formula is C22H24N+. The van der Waals surface area contributed by atoms with Gasteiger partial charge in [0.15, 0.2) is 6.20 Å². The van der Waals surface area contributed by atoms with Gasteiger partial charge in [0, 0.05) is 17.7 Å². The highest BCUT2D eigenvalue weighted by molar-refractivity contribution is 5.77. The van der Waals surface area contributed by atoms with Crippen molar-refractivity contribution in [3.8, 4) is 22.4 Å². The van der Waals surface area contributed by atoms with Crippen LogP contribution in [0.15, 0.2) is 54.7 Å². The Hall–Kier alpha value is -2.41. The maximum absolute atomic E-state index is 2.35. The minimum Gasteiger partial charge on any atom is -0.201 e. The van der Waals surface area contributed by atoms with E-state index in [-0.39, 0.29) is 0 Å². The van der Waals surface area contributed by atoms with Crippen LogP contribution in [-0.4, -0.2) is 0 Å². The highest BCUT2D eigenvalue weighted by Gasteiger charge is 2.16. The number of rotatable bonds is 2. The molecule has 116 valence electrons. The second kappa shape index (κ2) is 6.00. The molecule has 1 nitrogen and oxygen atoms in total. The van der Waals surface area contributed by atoms with Gasteiger partial charge in [-0.1, -0.05) is 30.3 Å². The Balaban J connectivity index is 2.26. The Morgan fingerprint density at radius 3 is 2.09 bits per heavy atom. The molecule has 2 aromatic carbocycles. The Labute approximate surface area is 139 Å². The Morgan fingerprint density at radius 1 is 0.652 bits per heavy atom. The predicted octanol–water partition coefficient (Wildman–Crippen LogP) is 5.08. The fourth-order valence-corrected chi connectivity index (χ4v) is 3.24. The summed E-state index contributed by atoms with van der Waals surface area (Å²) in [7, 11) is 2.11. The second-order valence-corrected chi connectivity index (χ2v) is 6.50. The van der Waals surface area contributed by atoms with E-state index in [0.717, 1.165) is 0 Å². The van der Waals surface area contributed by atoms with Crippen molar-refractivity contribution in [2.75, 3.05) is 0 Å². The molecule has 0 spiro atoms. The van der Waals surface area contributed by atoms with Crippen LogP contribution in [0, 0.1) is 27.7 Å². The van der Waals surface area contributed by atoms with Crippen molar-refractivity contribution in [2.24, 2.45) is 7.05 Å². The summed E-state index contributed by atoms with van der Waals surface area (Å²) >= 11 is 0. The van der Waals surface area contributed by atoms with Crippen molar-refractivity contribution in [3.05, 3.63) is 77.0 Å². The van der Waals surface area contributed by atoms with Gasteiger partial charge in [-0.05, 0) is 67.1 Å². The number of hydrogen-bond donors (Lipinski definition) is 0. The highest BCUT2D eigenvalue weighted by atomic mass is 14.9. The number of hydrogen-bond acceptors (Lipinski definition) is 0. The van der Waals surface area contributed by atoms with E-state index in [9.17, 15) is 0 Å². The molecule has 1 heterocycles. The van der Waals surface area contributed by atoms with Crippen LogP contribution in [0.25, 0.3) is 22.4 Å². The first-order valence-corrected chi connectivity index (χ1v) is 8.11. The number of pyridine rings is 1. The van der Waals surface area contributed by atoms with E-state index in [4.69, 9.17) is 0 Å². The first kappa shape index (κ1) is 15.5. The minimum atomic E-state index is 1.26. The summed E-state index contributed by atoms with van der Waals surface area (Å²) in [4.78, 5) is 0. The number of aromatic nitrogens is 1. The van der Waals surface area contributed by atoms with E-state index in [2.05, 4.69) is 94.0 Å². The molecule has 1 heteroatoms. The SMILES string of the molecule is Cc1cc[n+](C)c(-c2cc(-c3ccccc3C)c(C)cc2C)c1. The number of benzene rings is 2. The molecular weight excluding hydrogens is 278 g/mol. The van der Waals surface area contributed by atoms with Gasteiger partial charge in [0.2, 0.25) is 5.69 Å². The van der Waals surface area contributed by atoms with E-state index in [1.165, 1.54) is 44.6 Å². The summed E-state index contributed by atoms with van der Waals surface area (Å²) < 4.78 is 2.20. The summed E-state index contributed by atoms with van der Waals surface area (Å²) in [5, 5.41) is 0. The topological polar surface area (TPSA) is 3.88 Å².